The van der Waals surface area contributed by atoms with Gasteiger partial charge in [-0.15, -0.1) is 0 Å². The van der Waals surface area contributed by atoms with Gasteiger partial charge in [-0.25, -0.2) is 0 Å². The highest BCUT2D eigenvalue weighted by Gasteiger charge is 2.53. The second kappa shape index (κ2) is 31.6. The van der Waals surface area contributed by atoms with Gasteiger partial charge in [0.1, 0.15) is 0 Å². The van der Waals surface area contributed by atoms with Crippen molar-refractivity contribution in [2.45, 2.75) is 49.7 Å². The Kier molecular flexibility index (Phi) is 19.6. The highest BCUT2D eigenvalue weighted by molar-refractivity contribution is 14.1. The number of fused-ring (bicyclic) bond motifs is 22. The average Bonchev–Trinajstić information content (AvgIpc) is 1.53. The van der Waals surface area contributed by atoms with E-state index in [2.05, 4.69) is 522 Å². The first-order chi connectivity index (χ1) is 62.7. The molecule has 0 bridgehead atoms. The third-order valence-electron chi connectivity index (χ3n) is 27.6. The fourth-order valence-electron chi connectivity index (χ4n) is 21.2. The predicted molar refractivity (Wildman–Crippen MR) is 553 cm³/mol. The number of hydrogen-bond donors (Lipinski definition) is 0. The van der Waals surface area contributed by atoms with Crippen LogP contribution < -0.4 is 5.46 Å². The molecular formula is C120H84BBr2IN2O2. The van der Waals surface area contributed by atoms with Gasteiger partial charge >= 0.3 is 7.12 Å². The lowest BCUT2D eigenvalue weighted by Gasteiger charge is -2.33. The zero-order valence-electron chi connectivity index (χ0n) is 71.0. The number of rotatable bonds is 10. The van der Waals surface area contributed by atoms with Crippen LogP contribution in [0.25, 0.3) is 154 Å². The van der Waals surface area contributed by atoms with Crippen LogP contribution in [0.3, 0.4) is 0 Å². The first-order valence-electron chi connectivity index (χ1n) is 43.9. The molecule has 0 saturated carbocycles. The molecule has 3 aliphatic rings. The summed E-state index contributed by atoms with van der Waals surface area (Å²) in [6.07, 6.45) is 0. The van der Waals surface area contributed by atoms with Crippen LogP contribution in [0.5, 0.6) is 0 Å². The van der Waals surface area contributed by atoms with Crippen molar-refractivity contribution in [3.63, 3.8) is 0 Å². The predicted octanol–water partition coefficient (Wildman–Crippen LogP) is 32.0. The van der Waals surface area contributed by atoms with Crippen LogP contribution in [0.1, 0.15) is 72.2 Å². The van der Waals surface area contributed by atoms with E-state index in [1.807, 2.05) is 6.07 Å². The van der Waals surface area contributed by atoms with Gasteiger partial charge in [0.05, 0.1) is 44.1 Å². The molecule has 0 atom stereocenters. The number of benzene rings is 20. The molecule has 8 heteroatoms. The monoisotopic (exact) mass is 1880 g/mol. The van der Waals surface area contributed by atoms with Crippen molar-refractivity contribution in [2.24, 2.45) is 0 Å². The van der Waals surface area contributed by atoms with E-state index in [0.29, 0.717) is 0 Å². The summed E-state index contributed by atoms with van der Waals surface area (Å²) in [6.45, 7) is 8.48. The zero-order chi connectivity index (χ0) is 86.2. The summed E-state index contributed by atoms with van der Waals surface area (Å²) in [4.78, 5) is 0. The number of aromatic nitrogens is 2. The molecule has 2 aliphatic carbocycles. The molecule has 1 fully saturated rings. The summed E-state index contributed by atoms with van der Waals surface area (Å²) < 4.78 is 21.8. The summed E-state index contributed by atoms with van der Waals surface area (Å²) in [5.41, 5.74) is 28.9. The average molecular weight is 1880 g/mol. The highest BCUT2D eigenvalue weighted by atomic mass is 127. The maximum Gasteiger partial charge on any atom is 0.494 e. The van der Waals surface area contributed by atoms with E-state index in [0.717, 1.165) is 31.3 Å². The molecule has 610 valence electrons. The molecule has 0 radical (unpaired) electrons. The Morgan fingerprint density at radius 2 is 0.570 bits per heavy atom. The van der Waals surface area contributed by atoms with E-state index in [1.165, 1.54) is 185 Å². The standard InChI is InChI=1S/C57H36BrN.C51H40BNO2.C12H8BrI/c58-43-19-13-14-39(34-43)37-26-28-38(29-27-37)40-30-32-50-54(35-40)59(56-49-24-10-8-21-46(49)45-20-7-9-23-48(45)55(50)56)44-31-33-53-51(36-44)47-22-11-12-25-52(47)57(53,41-15-3-1-4-16-41)42-17-5-2-6-18-42;1-49(2)50(3,4)55-52(54-49)35-27-29-42-46(31-35)53(48-41-25-14-12-22-38(41)37-21-11-13-24-40(37)47(42)48)36-28-30-45-43(32-36)39-23-15-16-26-44(39)51(45,33-17-7-5-8-18-33)34-19-9-6-10-20-34;13-11-3-1-2-10(8-11)9-4-6-12(14)7-5-9/h1-36H;5-32H,1-4H3;1-8H. The molecule has 0 spiro atoms. The van der Waals surface area contributed by atoms with Gasteiger partial charge in [0, 0.05) is 56.2 Å². The van der Waals surface area contributed by atoms with E-state index < -0.39 is 29.2 Å². The molecular weight excluding hydrogens is 1800 g/mol. The third-order valence-corrected chi connectivity index (χ3v) is 29.3. The minimum atomic E-state index is -0.474. The zero-order valence-corrected chi connectivity index (χ0v) is 76.3. The number of halogens is 3. The molecule has 3 heterocycles. The van der Waals surface area contributed by atoms with Gasteiger partial charge in [-0.3, -0.25) is 0 Å². The van der Waals surface area contributed by atoms with Crippen LogP contribution in [0.4, 0.5) is 0 Å². The van der Waals surface area contributed by atoms with Gasteiger partial charge < -0.3 is 18.4 Å². The maximum atomic E-state index is 6.63. The Labute approximate surface area is 775 Å². The molecule has 128 heavy (non-hydrogen) atoms. The molecule has 22 aromatic rings. The largest absolute Gasteiger partial charge is 0.494 e. The molecule has 1 aliphatic heterocycles. The summed E-state index contributed by atoms with van der Waals surface area (Å²) in [5, 5.41) is 15.1. The maximum absolute atomic E-state index is 6.63. The summed E-state index contributed by atoms with van der Waals surface area (Å²) >= 11 is 9.44. The van der Waals surface area contributed by atoms with Crippen LogP contribution in [0, 0.1) is 3.57 Å². The lowest BCUT2D eigenvalue weighted by atomic mass is 9.68. The first-order valence-corrected chi connectivity index (χ1v) is 46.6. The SMILES string of the molecule is Brc1cccc(-c2ccc(-c3ccc4c5c6ccccc6c6ccccc6c5n(-c5ccc6c(c5)-c5ccccc5C6(c5ccccc5)c5ccccc5)c4c3)cc2)c1.Brc1cccc(-c2ccc(I)cc2)c1.CC1(C)OB(c2ccc3c4c5ccccc5c5ccccc5c4n(-c4ccc5c(c4)-c4ccccc4C5(c4ccccc4)c4ccccc4)c3c2)OC1(C)C. The lowest BCUT2D eigenvalue weighted by molar-refractivity contribution is 0.00578. The van der Waals surface area contributed by atoms with E-state index in [9.17, 15) is 0 Å². The van der Waals surface area contributed by atoms with Gasteiger partial charge in [-0.1, -0.05) is 396 Å². The van der Waals surface area contributed by atoms with Crippen LogP contribution in [-0.4, -0.2) is 27.5 Å². The molecule has 25 rings (SSSR count). The molecule has 0 amide bonds. The quantitative estimate of drug-likeness (QED) is 0.0775. The van der Waals surface area contributed by atoms with Crippen LogP contribution in [0.2, 0.25) is 0 Å². The molecule has 4 nitrogen and oxygen atoms in total. The van der Waals surface area contributed by atoms with Crippen molar-refractivity contribution in [2.75, 3.05) is 0 Å². The number of hydrogen-bond acceptors (Lipinski definition) is 2. The Bertz CT molecular complexity index is 8070. The third kappa shape index (κ3) is 12.8. The second-order valence-corrected chi connectivity index (χ2v) is 38.1. The Morgan fingerprint density at radius 3 is 0.977 bits per heavy atom. The second-order valence-electron chi connectivity index (χ2n) is 35.0. The fourth-order valence-corrected chi connectivity index (χ4v) is 22.4. The van der Waals surface area contributed by atoms with Crippen molar-refractivity contribution < 1.29 is 9.31 Å². The Balaban J connectivity index is 0.000000127. The topological polar surface area (TPSA) is 28.3 Å². The van der Waals surface area contributed by atoms with Gasteiger partial charge in [-0.2, -0.15) is 0 Å². The Hall–Kier alpha value is -13.3. The van der Waals surface area contributed by atoms with Gasteiger partial charge in [0.2, 0.25) is 0 Å². The van der Waals surface area contributed by atoms with Crippen molar-refractivity contribution in [1.29, 1.82) is 0 Å². The molecule has 2 aromatic heterocycles. The molecule has 0 unspecified atom stereocenters. The van der Waals surface area contributed by atoms with E-state index in [1.54, 1.807) is 0 Å². The van der Waals surface area contributed by atoms with Crippen molar-refractivity contribution in [3.05, 3.63) is 494 Å². The van der Waals surface area contributed by atoms with Crippen molar-refractivity contribution in [1.82, 2.24) is 9.13 Å². The summed E-state index contributed by atoms with van der Waals surface area (Å²) in [7, 11) is -0.474. The normalized spacial score (nSPS) is 14.2. The van der Waals surface area contributed by atoms with Gasteiger partial charge in [-0.05, 0) is 261 Å². The van der Waals surface area contributed by atoms with Gasteiger partial charge in [0.25, 0.3) is 0 Å². The molecule has 20 aromatic carbocycles. The van der Waals surface area contributed by atoms with Gasteiger partial charge in [0.15, 0.2) is 0 Å². The van der Waals surface area contributed by atoms with Crippen LogP contribution in [0.15, 0.2) is 446 Å². The Morgan fingerprint density at radius 1 is 0.250 bits per heavy atom. The lowest BCUT2D eigenvalue weighted by Crippen LogP contribution is -2.41. The van der Waals surface area contributed by atoms with Crippen LogP contribution in [-0.2, 0) is 20.1 Å². The fraction of sp³-hybridized carbons (Fsp3) is 0.0667. The van der Waals surface area contributed by atoms with E-state index in [4.69, 9.17) is 9.31 Å². The van der Waals surface area contributed by atoms with Crippen molar-refractivity contribution in [3.8, 4) is 67.0 Å². The van der Waals surface area contributed by atoms with E-state index >= 15 is 0 Å². The molecule has 1 saturated heterocycles. The highest BCUT2D eigenvalue weighted by Crippen LogP contribution is 2.60. The van der Waals surface area contributed by atoms with Crippen molar-refractivity contribution >= 4 is 154 Å². The smallest absolute Gasteiger partial charge is 0.399 e. The minimum Gasteiger partial charge on any atom is -0.399 e. The molecule has 0 N–H and O–H groups in total. The summed E-state index contributed by atoms with van der Waals surface area (Å²) in [6, 6.07) is 160. The van der Waals surface area contributed by atoms with E-state index in [-0.39, 0.29) is 0 Å². The van der Waals surface area contributed by atoms with Crippen LogP contribution >= 0.6 is 54.5 Å². The first kappa shape index (κ1) is 79.4. The number of nitrogens with zero attached hydrogens (tertiary/aromatic N) is 2. The minimum absolute atomic E-state index is 0.441. The summed E-state index contributed by atoms with van der Waals surface area (Å²) in [5.74, 6) is 0.